The molecule has 0 aliphatic carbocycles. The monoisotopic (exact) mass is 222 g/mol. The van der Waals surface area contributed by atoms with E-state index in [0.717, 1.165) is 0 Å². The SMILES string of the molecule is C=CC.O=C(CO)[C@H](O)[C@@H](O)[C@H](O)CO. The lowest BCUT2D eigenvalue weighted by Crippen LogP contribution is -2.44. The van der Waals surface area contributed by atoms with Gasteiger partial charge in [0.2, 0.25) is 0 Å². The number of Topliss-reactive ketones (excluding diaryl/α,β-unsaturated/α-hetero) is 1. The van der Waals surface area contributed by atoms with Crippen molar-refractivity contribution < 1.29 is 30.3 Å². The summed E-state index contributed by atoms with van der Waals surface area (Å²) in [6.07, 6.45) is -3.47. The van der Waals surface area contributed by atoms with Crippen molar-refractivity contribution >= 4 is 5.78 Å². The molecule has 0 amide bonds. The molecule has 0 saturated heterocycles. The van der Waals surface area contributed by atoms with Crippen LogP contribution >= 0.6 is 0 Å². The van der Waals surface area contributed by atoms with Gasteiger partial charge in [-0.25, -0.2) is 0 Å². The third kappa shape index (κ3) is 7.18. The molecule has 6 heteroatoms. The Morgan fingerprint density at radius 2 is 1.73 bits per heavy atom. The fraction of sp³-hybridized carbons (Fsp3) is 0.667. The molecule has 15 heavy (non-hydrogen) atoms. The van der Waals surface area contributed by atoms with Crippen molar-refractivity contribution in [2.24, 2.45) is 0 Å². The largest absolute Gasteiger partial charge is 0.394 e. The van der Waals surface area contributed by atoms with Gasteiger partial charge < -0.3 is 25.5 Å². The topological polar surface area (TPSA) is 118 Å². The van der Waals surface area contributed by atoms with Crippen molar-refractivity contribution in [2.75, 3.05) is 13.2 Å². The van der Waals surface area contributed by atoms with E-state index in [1.807, 2.05) is 6.92 Å². The fourth-order valence-electron chi connectivity index (χ4n) is 0.602. The first-order valence-corrected chi connectivity index (χ1v) is 4.31. The minimum absolute atomic E-state index is 0.767. The third-order valence-corrected chi connectivity index (χ3v) is 1.39. The number of hydrogen-bond donors (Lipinski definition) is 5. The Labute approximate surface area is 88.1 Å². The van der Waals surface area contributed by atoms with Crippen LogP contribution < -0.4 is 0 Å². The van der Waals surface area contributed by atoms with Crippen LogP contribution in [0.3, 0.4) is 0 Å². The highest BCUT2D eigenvalue weighted by Crippen LogP contribution is 2.00. The molecule has 3 atom stereocenters. The highest BCUT2D eigenvalue weighted by atomic mass is 16.4. The van der Waals surface area contributed by atoms with Gasteiger partial charge in [0, 0.05) is 0 Å². The van der Waals surface area contributed by atoms with Crippen molar-refractivity contribution in [1.82, 2.24) is 0 Å². The average Bonchev–Trinajstić information content (AvgIpc) is 2.25. The van der Waals surface area contributed by atoms with Crippen LogP contribution in [0.1, 0.15) is 6.92 Å². The van der Waals surface area contributed by atoms with Crippen LogP contribution in [-0.4, -0.2) is 62.8 Å². The molecule has 0 spiro atoms. The van der Waals surface area contributed by atoms with Gasteiger partial charge >= 0.3 is 0 Å². The molecule has 6 nitrogen and oxygen atoms in total. The molecule has 0 aromatic carbocycles. The molecule has 0 aromatic rings. The van der Waals surface area contributed by atoms with E-state index in [9.17, 15) is 4.79 Å². The maximum absolute atomic E-state index is 10.5. The fourth-order valence-corrected chi connectivity index (χ4v) is 0.602. The van der Waals surface area contributed by atoms with Crippen LogP contribution in [0.15, 0.2) is 12.7 Å². The van der Waals surface area contributed by atoms with E-state index in [4.69, 9.17) is 25.5 Å². The molecule has 0 saturated carbocycles. The van der Waals surface area contributed by atoms with Gasteiger partial charge in [0.1, 0.15) is 24.9 Å². The minimum Gasteiger partial charge on any atom is -0.394 e. The first-order chi connectivity index (χ1) is 6.95. The summed E-state index contributed by atoms with van der Waals surface area (Å²) in [5, 5.41) is 43.1. The highest BCUT2D eigenvalue weighted by molar-refractivity contribution is 5.84. The van der Waals surface area contributed by atoms with Gasteiger partial charge in [-0.2, -0.15) is 0 Å². The summed E-state index contributed by atoms with van der Waals surface area (Å²) in [6, 6.07) is 0. The Hall–Kier alpha value is -0.790. The molecule has 0 aliphatic rings. The molecule has 0 radical (unpaired) electrons. The zero-order valence-corrected chi connectivity index (χ0v) is 8.58. The summed E-state index contributed by atoms with van der Waals surface area (Å²) in [4.78, 5) is 10.5. The zero-order valence-electron chi connectivity index (χ0n) is 8.58. The lowest BCUT2D eigenvalue weighted by atomic mass is 10.1. The molecule has 0 unspecified atom stereocenters. The number of aliphatic hydroxyl groups is 5. The van der Waals surface area contributed by atoms with Crippen LogP contribution in [0, 0.1) is 0 Å². The van der Waals surface area contributed by atoms with E-state index in [1.165, 1.54) is 0 Å². The normalized spacial score (nSPS) is 15.6. The first kappa shape index (κ1) is 16.6. The van der Waals surface area contributed by atoms with E-state index in [-0.39, 0.29) is 0 Å². The lowest BCUT2D eigenvalue weighted by molar-refractivity contribution is -0.142. The second-order valence-electron chi connectivity index (χ2n) is 2.72. The third-order valence-electron chi connectivity index (χ3n) is 1.39. The molecule has 0 aliphatic heterocycles. The second kappa shape index (κ2) is 9.75. The van der Waals surface area contributed by atoms with Crippen LogP contribution in [0.4, 0.5) is 0 Å². The quantitative estimate of drug-likeness (QED) is 0.337. The second-order valence-corrected chi connectivity index (χ2v) is 2.72. The van der Waals surface area contributed by atoms with Crippen LogP contribution in [0.5, 0.6) is 0 Å². The molecule has 0 heterocycles. The summed E-state index contributed by atoms with van der Waals surface area (Å²) in [5.74, 6) is -1.00. The molecule has 0 fully saturated rings. The Bertz CT molecular complexity index is 181. The summed E-state index contributed by atoms with van der Waals surface area (Å²) in [7, 11) is 0. The standard InChI is InChI=1S/C6H12O6.C3H6/c7-1-3(9)5(11)6(12)4(10)2-8;1-3-2/h3,5-9,11-12H,1-2H2;3H,1H2,2H3/t3-,5+,6+;/m1./s1. The summed E-state index contributed by atoms with van der Waals surface area (Å²) < 4.78 is 0. The molecule has 90 valence electrons. The minimum atomic E-state index is -1.86. The number of hydrogen-bond acceptors (Lipinski definition) is 6. The summed E-state index contributed by atoms with van der Waals surface area (Å²) >= 11 is 0. The van der Waals surface area contributed by atoms with E-state index >= 15 is 0 Å². The van der Waals surface area contributed by atoms with Crippen molar-refractivity contribution in [3.63, 3.8) is 0 Å². The van der Waals surface area contributed by atoms with Crippen LogP contribution in [-0.2, 0) is 4.79 Å². The molecular weight excluding hydrogens is 204 g/mol. The predicted molar refractivity (Wildman–Crippen MR) is 53.1 cm³/mol. The molecular formula is C9H18O6. The predicted octanol–water partition coefficient (Wildman–Crippen LogP) is -2.18. The average molecular weight is 222 g/mol. The lowest BCUT2D eigenvalue weighted by Gasteiger charge is -2.19. The van der Waals surface area contributed by atoms with E-state index in [1.54, 1.807) is 6.08 Å². The Morgan fingerprint density at radius 1 is 1.33 bits per heavy atom. The van der Waals surface area contributed by atoms with Crippen LogP contribution in [0.2, 0.25) is 0 Å². The van der Waals surface area contributed by atoms with Crippen LogP contribution in [0.25, 0.3) is 0 Å². The number of rotatable bonds is 5. The first-order valence-electron chi connectivity index (χ1n) is 4.31. The maximum Gasteiger partial charge on any atom is 0.189 e. The number of ketones is 1. The maximum atomic E-state index is 10.5. The van der Waals surface area contributed by atoms with E-state index in [0.29, 0.717) is 0 Å². The van der Waals surface area contributed by atoms with Gasteiger partial charge in [-0.15, -0.1) is 6.58 Å². The molecule has 0 bridgehead atoms. The van der Waals surface area contributed by atoms with Crippen molar-refractivity contribution in [2.45, 2.75) is 25.2 Å². The van der Waals surface area contributed by atoms with Crippen molar-refractivity contribution in [3.05, 3.63) is 12.7 Å². The van der Waals surface area contributed by atoms with Gasteiger partial charge in [-0.3, -0.25) is 4.79 Å². The number of allylic oxidation sites excluding steroid dienone is 1. The molecule has 5 N–H and O–H groups in total. The van der Waals surface area contributed by atoms with E-state index < -0.39 is 37.3 Å². The highest BCUT2D eigenvalue weighted by Gasteiger charge is 2.28. The van der Waals surface area contributed by atoms with Crippen molar-refractivity contribution in [1.29, 1.82) is 0 Å². The zero-order chi connectivity index (χ0) is 12.4. The van der Waals surface area contributed by atoms with Gasteiger partial charge in [-0.05, 0) is 6.92 Å². The number of aliphatic hydroxyl groups excluding tert-OH is 5. The van der Waals surface area contributed by atoms with Gasteiger partial charge in [0.15, 0.2) is 5.78 Å². The summed E-state index contributed by atoms with van der Waals surface area (Å²) in [6.45, 7) is 3.56. The Balaban J connectivity index is 0. The van der Waals surface area contributed by atoms with E-state index in [2.05, 4.69) is 6.58 Å². The Morgan fingerprint density at radius 3 is 2.00 bits per heavy atom. The number of carbonyl (C=O) groups excluding carboxylic acids is 1. The molecule has 0 rings (SSSR count). The van der Waals surface area contributed by atoms with Gasteiger partial charge in [-0.1, -0.05) is 6.08 Å². The van der Waals surface area contributed by atoms with Crippen molar-refractivity contribution in [3.8, 4) is 0 Å². The van der Waals surface area contributed by atoms with Gasteiger partial charge in [0.25, 0.3) is 0 Å². The Kier molecular flexibility index (Phi) is 10.8. The smallest absolute Gasteiger partial charge is 0.189 e. The van der Waals surface area contributed by atoms with Gasteiger partial charge in [0.05, 0.1) is 6.61 Å². The molecule has 0 aromatic heterocycles. The summed E-state index contributed by atoms with van der Waals surface area (Å²) in [5.41, 5.74) is 0. The number of carbonyl (C=O) groups is 1.